The molecule has 0 aliphatic carbocycles. The van der Waals surface area contributed by atoms with E-state index in [4.69, 9.17) is 9.57 Å². The summed E-state index contributed by atoms with van der Waals surface area (Å²) < 4.78 is 20.1. The van der Waals surface area contributed by atoms with E-state index in [0.29, 0.717) is 24.2 Å². The minimum absolute atomic E-state index is 0.175. The quantitative estimate of drug-likeness (QED) is 0.850. The number of hydrogen-bond donors (Lipinski definition) is 1. The van der Waals surface area contributed by atoms with Crippen molar-refractivity contribution >= 4 is 11.6 Å². The summed E-state index contributed by atoms with van der Waals surface area (Å²) in [7, 11) is 1.41. The van der Waals surface area contributed by atoms with E-state index in [1.165, 1.54) is 30.5 Å². The highest BCUT2D eigenvalue weighted by Gasteiger charge is 2.24. The first-order chi connectivity index (χ1) is 12.1. The summed E-state index contributed by atoms with van der Waals surface area (Å²) in [5.74, 6) is -0.478. The lowest BCUT2D eigenvalue weighted by Crippen LogP contribution is -2.36. The molecule has 1 aliphatic rings. The fourth-order valence-electron chi connectivity index (χ4n) is 2.45. The van der Waals surface area contributed by atoms with E-state index in [0.717, 1.165) is 0 Å². The Morgan fingerprint density at radius 1 is 1.56 bits per heavy atom. The van der Waals surface area contributed by atoms with E-state index < -0.39 is 11.9 Å². The van der Waals surface area contributed by atoms with E-state index in [1.54, 1.807) is 19.1 Å². The molecular weight excluding hydrogens is 329 g/mol. The smallest absolute Gasteiger partial charge is 0.244 e. The average molecular weight is 347 g/mol. The molecule has 132 valence electrons. The molecule has 2 atom stereocenters. The van der Waals surface area contributed by atoms with Crippen molar-refractivity contribution in [1.82, 2.24) is 20.1 Å². The molecule has 0 fully saturated rings. The molecule has 1 N–H and O–H groups in total. The normalized spacial score (nSPS) is 17.6. The van der Waals surface area contributed by atoms with Gasteiger partial charge >= 0.3 is 0 Å². The van der Waals surface area contributed by atoms with Gasteiger partial charge < -0.3 is 14.9 Å². The molecule has 0 saturated heterocycles. The zero-order chi connectivity index (χ0) is 17.8. The minimum Gasteiger partial charge on any atom is -0.494 e. The lowest BCUT2D eigenvalue weighted by Gasteiger charge is -2.14. The molecule has 25 heavy (non-hydrogen) atoms. The molecular formula is C16H18FN5O3. The molecule has 8 nitrogen and oxygen atoms in total. The summed E-state index contributed by atoms with van der Waals surface area (Å²) >= 11 is 0. The van der Waals surface area contributed by atoms with Gasteiger partial charge in [0.25, 0.3) is 0 Å². The summed E-state index contributed by atoms with van der Waals surface area (Å²) in [6.45, 7) is 2.02. The topological polar surface area (TPSA) is 90.6 Å². The highest BCUT2D eigenvalue weighted by molar-refractivity contribution is 6.01. The lowest BCUT2D eigenvalue weighted by molar-refractivity contribution is -0.124. The summed E-state index contributed by atoms with van der Waals surface area (Å²) in [6, 6.07) is 4.15. The van der Waals surface area contributed by atoms with Crippen molar-refractivity contribution in [3.8, 4) is 5.75 Å². The van der Waals surface area contributed by atoms with E-state index in [1.807, 2.05) is 0 Å². The van der Waals surface area contributed by atoms with Crippen LogP contribution < -0.4 is 10.1 Å². The van der Waals surface area contributed by atoms with E-state index in [-0.39, 0.29) is 17.8 Å². The lowest BCUT2D eigenvalue weighted by atomic mass is 10.0. The Hall–Kier alpha value is -2.97. The largest absolute Gasteiger partial charge is 0.494 e. The van der Waals surface area contributed by atoms with Crippen molar-refractivity contribution in [3.05, 3.63) is 42.2 Å². The van der Waals surface area contributed by atoms with Crippen LogP contribution in [0.1, 0.15) is 24.9 Å². The number of nitrogens with one attached hydrogen (secondary N) is 1. The molecule has 0 saturated carbocycles. The van der Waals surface area contributed by atoms with Gasteiger partial charge in [-0.3, -0.25) is 4.79 Å². The number of oxime groups is 1. The second-order valence-electron chi connectivity index (χ2n) is 5.62. The van der Waals surface area contributed by atoms with Crippen LogP contribution in [0.2, 0.25) is 0 Å². The molecule has 2 heterocycles. The van der Waals surface area contributed by atoms with E-state index >= 15 is 0 Å². The number of ether oxygens (including phenoxy) is 1. The average Bonchev–Trinajstić information content (AvgIpc) is 3.30. The minimum atomic E-state index is -0.472. The summed E-state index contributed by atoms with van der Waals surface area (Å²) in [4.78, 5) is 21.2. The van der Waals surface area contributed by atoms with Crippen LogP contribution in [-0.4, -0.2) is 46.1 Å². The number of carbonyl (C=O) groups is 1. The number of aromatic nitrogens is 3. The Morgan fingerprint density at radius 3 is 3.08 bits per heavy atom. The van der Waals surface area contributed by atoms with Gasteiger partial charge in [-0.05, 0) is 25.1 Å². The van der Waals surface area contributed by atoms with Gasteiger partial charge in [0.1, 0.15) is 24.8 Å². The monoisotopic (exact) mass is 347 g/mol. The van der Waals surface area contributed by atoms with Crippen molar-refractivity contribution in [2.75, 3.05) is 13.7 Å². The number of hydrogen-bond acceptors (Lipinski definition) is 6. The van der Waals surface area contributed by atoms with Crippen molar-refractivity contribution in [2.45, 2.75) is 25.5 Å². The third-order valence-electron chi connectivity index (χ3n) is 3.93. The molecule has 0 radical (unpaired) electrons. The summed E-state index contributed by atoms with van der Waals surface area (Å²) in [5.41, 5.74) is 1.26. The highest BCUT2D eigenvalue weighted by Crippen LogP contribution is 2.22. The number of carbonyl (C=O) groups excluding carboxylic acids is 1. The molecule has 1 aliphatic heterocycles. The number of benzene rings is 1. The Labute approximate surface area is 143 Å². The first-order valence-electron chi connectivity index (χ1n) is 7.77. The molecule has 0 spiro atoms. The van der Waals surface area contributed by atoms with Crippen molar-refractivity contribution in [3.63, 3.8) is 0 Å². The van der Waals surface area contributed by atoms with Crippen LogP contribution in [0.3, 0.4) is 0 Å². The van der Waals surface area contributed by atoms with Crippen molar-refractivity contribution in [1.29, 1.82) is 0 Å². The molecule has 1 amide bonds. The number of nitrogens with zero attached hydrogens (tertiary/aromatic N) is 4. The van der Waals surface area contributed by atoms with Gasteiger partial charge in [-0.15, -0.1) is 0 Å². The van der Waals surface area contributed by atoms with Crippen LogP contribution in [0, 0.1) is 5.82 Å². The van der Waals surface area contributed by atoms with Gasteiger partial charge in [-0.1, -0.05) is 5.16 Å². The summed E-state index contributed by atoms with van der Waals surface area (Å²) in [5, 5.41) is 10.7. The fraction of sp³-hybridized carbons (Fsp3) is 0.375. The second kappa shape index (κ2) is 7.29. The van der Waals surface area contributed by atoms with Crippen LogP contribution in [0.4, 0.5) is 4.39 Å². The highest BCUT2D eigenvalue weighted by atomic mass is 19.1. The summed E-state index contributed by atoms with van der Waals surface area (Å²) in [6.07, 6.45) is 3.03. The molecule has 2 aromatic rings. The van der Waals surface area contributed by atoms with Gasteiger partial charge in [0, 0.05) is 12.0 Å². The molecule has 9 heteroatoms. The first kappa shape index (κ1) is 16.9. The Morgan fingerprint density at radius 2 is 2.40 bits per heavy atom. The second-order valence-corrected chi connectivity index (χ2v) is 5.62. The maximum absolute atomic E-state index is 13.8. The maximum Gasteiger partial charge on any atom is 0.244 e. The van der Waals surface area contributed by atoms with Crippen LogP contribution >= 0.6 is 0 Å². The van der Waals surface area contributed by atoms with E-state index in [9.17, 15) is 9.18 Å². The van der Waals surface area contributed by atoms with Crippen LogP contribution in [-0.2, 0) is 9.63 Å². The predicted molar refractivity (Wildman–Crippen MR) is 86.7 cm³/mol. The molecule has 1 aromatic carbocycles. The third kappa shape index (κ3) is 3.76. The van der Waals surface area contributed by atoms with Crippen molar-refractivity contribution < 1.29 is 18.8 Å². The molecule has 3 rings (SSSR count). The predicted octanol–water partition coefficient (Wildman–Crippen LogP) is 1.30. The number of halogens is 1. The van der Waals surface area contributed by atoms with E-state index in [2.05, 4.69) is 20.6 Å². The number of rotatable bonds is 6. The molecule has 0 bridgehead atoms. The first-order valence-corrected chi connectivity index (χ1v) is 7.77. The third-order valence-corrected chi connectivity index (χ3v) is 3.93. The van der Waals surface area contributed by atoms with Gasteiger partial charge in [0.2, 0.25) is 5.91 Å². The van der Waals surface area contributed by atoms with Crippen LogP contribution in [0.15, 0.2) is 36.0 Å². The fourth-order valence-corrected chi connectivity index (χ4v) is 2.45. The zero-order valence-electron chi connectivity index (χ0n) is 13.8. The van der Waals surface area contributed by atoms with Crippen LogP contribution in [0.25, 0.3) is 0 Å². The van der Waals surface area contributed by atoms with Gasteiger partial charge in [-0.2, -0.15) is 5.10 Å². The molecule has 1 aromatic heterocycles. The molecule has 0 unspecified atom stereocenters. The Kier molecular flexibility index (Phi) is 4.92. The Balaban J connectivity index is 1.52. The number of amides is 1. The maximum atomic E-state index is 13.8. The van der Waals surface area contributed by atoms with Crippen molar-refractivity contribution in [2.24, 2.45) is 5.16 Å². The van der Waals surface area contributed by atoms with Gasteiger partial charge in [-0.25, -0.2) is 14.1 Å². The zero-order valence-corrected chi connectivity index (χ0v) is 13.8. The van der Waals surface area contributed by atoms with Crippen LogP contribution in [0.5, 0.6) is 5.75 Å². The Bertz CT molecular complexity index is 778. The van der Waals surface area contributed by atoms with Gasteiger partial charge in [0.15, 0.2) is 11.6 Å². The standard InChI is InChI=1S/C16H18FN5O3/c1-10(22-9-18-8-20-22)16(23)19-7-12-6-14(21-25-12)11-3-4-15(24-2)13(17)5-11/h3-5,8-10,12H,6-7H2,1-2H3,(H,19,23)/t10-,12+/m1/s1. The number of methoxy groups -OCH3 is 1. The van der Waals surface area contributed by atoms with Gasteiger partial charge in [0.05, 0.1) is 19.4 Å². The SMILES string of the molecule is COc1ccc(C2=NO[C@H](CNC(=O)[C@@H](C)n3cncn3)C2)cc1F.